The molecule has 0 radical (unpaired) electrons. The third-order valence-corrected chi connectivity index (χ3v) is 7.47. The van der Waals surface area contributed by atoms with Crippen molar-refractivity contribution in [3.05, 3.63) is 11.6 Å². The molecule has 0 aromatic rings. The van der Waals surface area contributed by atoms with Gasteiger partial charge in [0, 0.05) is 12.0 Å². The van der Waals surface area contributed by atoms with Crippen LogP contribution in [0, 0.1) is 17.3 Å². The Morgan fingerprint density at radius 1 is 1.16 bits per heavy atom. The number of ether oxygens (including phenoxy) is 4. The number of carbonyl (C=O) groups excluding carboxylic acids is 2. The summed E-state index contributed by atoms with van der Waals surface area (Å²) in [6, 6.07) is 0. The van der Waals surface area contributed by atoms with Crippen molar-refractivity contribution < 1.29 is 49.0 Å². The highest BCUT2D eigenvalue weighted by atomic mass is 16.7. The third-order valence-electron chi connectivity index (χ3n) is 7.47. The molecule has 0 unspecified atom stereocenters. The fourth-order valence-corrected chi connectivity index (χ4v) is 5.46. The normalized spacial score (nSPS) is 41.9. The minimum absolute atomic E-state index is 0.00126. The van der Waals surface area contributed by atoms with Gasteiger partial charge in [0.25, 0.3) is 0 Å². The van der Waals surface area contributed by atoms with Crippen LogP contribution in [0.1, 0.15) is 39.0 Å². The number of allylic oxidation sites excluding steroid dienone is 1. The van der Waals surface area contributed by atoms with Gasteiger partial charge < -0.3 is 39.4 Å². The highest BCUT2D eigenvalue weighted by molar-refractivity contribution is 5.88. The predicted octanol–water partition coefficient (Wildman–Crippen LogP) is -0.340. The van der Waals surface area contributed by atoms with Gasteiger partial charge in [-0.15, -0.1) is 0 Å². The second-order valence-corrected chi connectivity index (χ2v) is 9.17. The van der Waals surface area contributed by atoms with Gasteiger partial charge in [-0.05, 0) is 42.9 Å². The van der Waals surface area contributed by atoms with Crippen molar-refractivity contribution in [2.45, 2.75) is 75.8 Å². The largest absolute Gasteiger partial charge is 0.469 e. The zero-order valence-electron chi connectivity index (χ0n) is 18.7. The standard InChI is InChI=1S/C22H34O10/c1-22-7-6-11(20(28)30-3)4-5-13(22)12(9-16(24)29-2)8-15(22)32-21-19(27)18(26)17(25)14(10-23)31-21/h4,12-15,17-19,21,23,25-27H,5-10H2,1-3H3/t12-,13+,14-,15+,17-,18-,19-,21+,22-/m1/s1. The van der Waals surface area contributed by atoms with E-state index >= 15 is 0 Å². The van der Waals surface area contributed by atoms with E-state index in [1.165, 1.54) is 14.2 Å². The lowest BCUT2D eigenvalue weighted by Gasteiger charge is -2.43. The predicted molar refractivity (Wildman–Crippen MR) is 109 cm³/mol. The molecular formula is C22H34O10. The number of aliphatic hydroxyl groups excluding tert-OH is 4. The summed E-state index contributed by atoms with van der Waals surface area (Å²) in [7, 11) is 2.67. The molecule has 3 aliphatic rings. The Kier molecular flexibility index (Phi) is 7.95. The van der Waals surface area contributed by atoms with Crippen molar-refractivity contribution >= 4 is 11.9 Å². The van der Waals surface area contributed by atoms with E-state index < -0.39 is 48.8 Å². The minimum atomic E-state index is -1.54. The number of rotatable bonds is 6. The molecule has 1 saturated heterocycles. The molecule has 1 saturated carbocycles. The van der Waals surface area contributed by atoms with Crippen LogP contribution in [0.5, 0.6) is 0 Å². The van der Waals surface area contributed by atoms with Gasteiger partial charge in [0.05, 0.1) is 26.9 Å². The first kappa shape index (κ1) is 25.1. The first-order chi connectivity index (χ1) is 15.2. The number of methoxy groups -OCH3 is 2. The van der Waals surface area contributed by atoms with E-state index in [2.05, 4.69) is 0 Å². The summed E-state index contributed by atoms with van der Waals surface area (Å²) in [6.45, 7) is 1.48. The van der Waals surface area contributed by atoms with Crippen LogP contribution in [0.3, 0.4) is 0 Å². The van der Waals surface area contributed by atoms with Gasteiger partial charge in [-0.25, -0.2) is 4.79 Å². The van der Waals surface area contributed by atoms with Crippen LogP contribution in [-0.2, 0) is 28.5 Å². The van der Waals surface area contributed by atoms with Crippen molar-refractivity contribution in [1.29, 1.82) is 0 Å². The van der Waals surface area contributed by atoms with Gasteiger partial charge >= 0.3 is 11.9 Å². The molecule has 9 atom stereocenters. The van der Waals surface area contributed by atoms with Crippen LogP contribution in [-0.4, -0.2) is 90.0 Å². The zero-order chi connectivity index (χ0) is 23.6. The number of hydrogen-bond acceptors (Lipinski definition) is 10. The second-order valence-electron chi connectivity index (χ2n) is 9.17. The minimum Gasteiger partial charge on any atom is -0.469 e. The Balaban J connectivity index is 1.84. The lowest BCUT2D eigenvalue weighted by Crippen LogP contribution is -2.60. The van der Waals surface area contributed by atoms with Crippen LogP contribution in [0.25, 0.3) is 0 Å². The monoisotopic (exact) mass is 458 g/mol. The van der Waals surface area contributed by atoms with Crippen molar-refractivity contribution in [1.82, 2.24) is 0 Å². The van der Waals surface area contributed by atoms with Crippen molar-refractivity contribution in [2.24, 2.45) is 17.3 Å². The average Bonchev–Trinajstić information content (AvgIpc) is 2.91. The van der Waals surface area contributed by atoms with E-state index in [1.54, 1.807) is 0 Å². The Hall–Kier alpha value is -1.56. The molecule has 0 spiro atoms. The molecule has 2 aliphatic carbocycles. The van der Waals surface area contributed by atoms with Crippen LogP contribution >= 0.6 is 0 Å². The maximum atomic E-state index is 12.1. The molecule has 1 heterocycles. The van der Waals surface area contributed by atoms with Gasteiger partial charge in [0.15, 0.2) is 6.29 Å². The van der Waals surface area contributed by atoms with Crippen molar-refractivity contribution in [3.63, 3.8) is 0 Å². The molecule has 0 bridgehead atoms. The molecule has 0 amide bonds. The smallest absolute Gasteiger partial charge is 0.333 e. The molecule has 4 N–H and O–H groups in total. The van der Waals surface area contributed by atoms with Crippen molar-refractivity contribution in [3.8, 4) is 0 Å². The maximum absolute atomic E-state index is 12.1. The van der Waals surface area contributed by atoms with E-state index in [9.17, 15) is 30.0 Å². The molecule has 10 nitrogen and oxygen atoms in total. The summed E-state index contributed by atoms with van der Waals surface area (Å²) >= 11 is 0. The maximum Gasteiger partial charge on any atom is 0.333 e. The fraction of sp³-hybridized carbons (Fsp3) is 0.818. The molecule has 1 aliphatic heterocycles. The highest BCUT2D eigenvalue weighted by Crippen LogP contribution is 2.56. The summed E-state index contributed by atoms with van der Waals surface area (Å²) in [5.74, 6) is -0.814. The first-order valence-corrected chi connectivity index (χ1v) is 11.0. The van der Waals surface area contributed by atoms with Crippen LogP contribution in [0.15, 0.2) is 11.6 Å². The molecule has 32 heavy (non-hydrogen) atoms. The van der Waals surface area contributed by atoms with Gasteiger partial charge in [-0.1, -0.05) is 13.0 Å². The van der Waals surface area contributed by atoms with Crippen molar-refractivity contribution in [2.75, 3.05) is 20.8 Å². The third kappa shape index (κ3) is 4.71. The Morgan fingerprint density at radius 2 is 1.88 bits per heavy atom. The van der Waals surface area contributed by atoms with Gasteiger partial charge in [0.1, 0.15) is 24.4 Å². The van der Waals surface area contributed by atoms with Crippen LogP contribution in [0.2, 0.25) is 0 Å². The quantitative estimate of drug-likeness (QED) is 0.389. The lowest BCUT2D eigenvalue weighted by molar-refractivity contribution is -0.318. The summed E-state index contributed by atoms with van der Waals surface area (Å²) in [5.41, 5.74) is 0.107. The Bertz CT molecular complexity index is 722. The van der Waals surface area contributed by atoms with Crippen LogP contribution < -0.4 is 0 Å². The van der Waals surface area contributed by atoms with Gasteiger partial charge in [0.2, 0.25) is 0 Å². The Labute approximate surface area is 187 Å². The number of carbonyl (C=O) groups is 2. The van der Waals surface area contributed by atoms with E-state index in [0.717, 1.165) is 0 Å². The first-order valence-electron chi connectivity index (χ1n) is 11.0. The summed E-state index contributed by atoms with van der Waals surface area (Å²) in [4.78, 5) is 24.2. The zero-order valence-corrected chi connectivity index (χ0v) is 18.7. The summed E-state index contributed by atoms with van der Waals surface area (Å²) < 4.78 is 21.5. The highest BCUT2D eigenvalue weighted by Gasteiger charge is 2.55. The molecular weight excluding hydrogens is 424 g/mol. The van der Waals surface area contributed by atoms with E-state index in [-0.39, 0.29) is 30.2 Å². The number of esters is 2. The van der Waals surface area contributed by atoms with E-state index in [0.29, 0.717) is 31.3 Å². The topological polar surface area (TPSA) is 152 Å². The average molecular weight is 459 g/mol. The Morgan fingerprint density at radius 3 is 2.50 bits per heavy atom. The summed E-state index contributed by atoms with van der Waals surface area (Å²) in [6.07, 6.45) is -3.17. The fourth-order valence-electron chi connectivity index (χ4n) is 5.46. The second kappa shape index (κ2) is 10.1. The molecule has 182 valence electrons. The SMILES string of the molecule is COC(=O)C[C@H]1C[C@H](O[C@@H]2O[C@H](CO)[C@@H](O)[C@@H](O)[C@H]2O)[C@]2(C)CCC(C(=O)OC)=CC[C@@H]12. The lowest BCUT2D eigenvalue weighted by atomic mass is 9.72. The number of aliphatic hydroxyl groups is 4. The summed E-state index contributed by atoms with van der Waals surface area (Å²) in [5, 5.41) is 40.0. The van der Waals surface area contributed by atoms with Crippen LogP contribution in [0.4, 0.5) is 0 Å². The molecule has 0 aromatic carbocycles. The molecule has 0 aromatic heterocycles. The number of fused-ring (bicyclic) bond motifs is 1. The van der Waals surface area contributed by atoms with E-state index in [1.807, 2.05) is 13.0 Å². The number of hydrogen-bond donors (Lipinski definition) is 4. The molecule has 10 heteroatoms. The van der Waals surface area contributed by atoms with E-state index in [4.69, 9.17) is 18.9 Å². The van der Waals surface area contributed by atoms with Gasteiger partial charge in [-0.3, -0.25) is 4.79 Å². The molecule has 3 rings (SSSR count). The molecule has 2 fully saturated rings. The van der Waals surface area contributed by atoms with Gasteiger partial charge in [-0.2, -0.15) is 0 Å².